The van der Waals surface area contributed by atoms with Crippen LogP contribution in [0.15, 0.2) is 24.4 Å². The molecule has 0 radical (unpaired) electrons. The number of nitrogens with zero attached hydrogens (tertiary/aromatic N) is 5. The van der Waals surface area contributed by atoms with Crippen molar-refractivity contribution < 1.29 is 19.0 Å². The number of ether oxygens (including phenoxy) is 3. The van der Waals surface area contributed by atoms with Crippen LogP contribution in [-0.4, -0.2) is 62.0 Å². The number of Topliss-reactive ketones (excluding diaryl/α,β-unsaturated/α-hetero) is 1. The number of aromatic amines is 1. The maximum Gasteiger partial charge on any atom is 0.220 e. The van der Waals surface area contributed by atoms with Crippen molar-refractivity contribution in [3.63, 3.8) is 0 Å². The average molecular weight is 460 g/mol. The zero-order valence-corrected chi connectivity index (χ0v) is 18.9. The Balaban J connectivity index is 1.48. The van der Waals surface area contributed by atoms with Crippen LogP contribution < -0.4 is 9.47 Å². The number of carbonyl (C=O) groups is 1. The van der Waals surface area contributed by atoms with Crippen LogP contribution in [0.4, 0.5) is 0 Å². The first-order chi connectivity index (χ1) is 16.6. The van der Waals surface area contributed by atoms with E-state index in [1.807, 2.05) is 44.5 Å². The van der Waals surface area contributed by atoms with Gasteiger partial charge in [-0.3, -0.25) is 9.89 Å². The molecule has 1 N–H and O–H groups in total. The first-order valence-electron chi connectivity index (χ1n) is 11.2. The van der Waals surface area contributed by atoms with Crippen LogP contribution in [0, 0.1) is 6.92 Å². The second kappa shape index (κ2) is 8.14. The van der Waals surface area contributed by atoms with Gasteiger partial charge < -0.3 is 14.2 Å². The van der Waals surface area contributed by atoms with Crippen molar-refractivity contribution in [2.45, 2.75) is 19.4 Å². The van der Waals surface area contributed by atoms with Crippen LogP contribution in [0.5, 0.6) is 11.8 Å². The summed E-state index contributed by atoms with van der Waals surface area (Å²) in [6.45, 7) is 3.16. The number of hydrogen-bond acceptors (Lipinski definition) is 7. The molecule has 0 amide bonds. The van der Waals surface area contributed by atoms with E-state index in [1.54, 1.807) is 9.36 Å². The van der Waals surface area contributed by atoms with Crippen molar-refractivity contribution in [3.8, 4) is 22.9 Å². The number of fused-ring (bicyclic) bond motifs is 4. The maximum atomic E-state index is 12.4. The lowest BCUT2D eigenvalue weighted by Crippen LogP contribution is -2.20. The number of aryl methyl sites for hydroxylation is 2. The number of hydrogen-bond donors (Lipinski definition) is 1. The van der Waals surface area contributed by atoms with Crippen molar-refractivity contribution in [2.75, 3.05) is 26.4 Å². The Morgan fingerprint density at radius 3 is 2.82 bits per heavy atom. The summed E-state index contributed by atoms with van der Waals surface area (Å²) in [5.41, 5.74) is 5.23. The Hall–Kier alpha value is -3.92. The van der Waals surface area contributed by atoms with Gasteiger partial charge in [-0.05, 0) is 36.8 Å². The largest absolute Gasteiger partial charge is 0.477 e. The molecule has 0 saturated carbocycles. The van der Waals surface area contributed by atoms with E-state index in [9.17, 15) is 4.79 Å². The lowest BCUT2D eigenvalue weighted by atomic mass is 10.1. The predicted octanol–water partition coefficient (Wildman–Crippen LogP) is 2.94. The highest BCUT2D eigenvalue weighted by Gasteiger charge is 2.32. The van der Waals surface area contributed by atoms with E-state index in [0.717, 1.165) is 39.0 Å². The summed E-state index contributed by atoms with van der Waals surface area (Å²) in [4.78, 5) is 12.4. The van der Waals surface area contributed by atoms with Crippen LogP contribution in [0.25, 0.3) is 34.2 Å². The van der Waals surface area contributed by atoms with Crippen LogP contribution in [-0.2, 0) is 16.6 Å². The topological polar surface area (TPSA) is 109 Å². The fraction of sp³-hybridized carbons (Fsp3) is 0.333. The van der Waals surface area contributed by atoms with Gasteiger partial charge in [-0.15, -0.1) is 0 Å². The Bertz CT molecular complexity index is 1430. The van der Waals surface area contributed by atoms with Crippen molar-refractivity contribution in [2.24, 2.45) is 7.05 Å². The number of rotatable bonds is 1. The molecule has 4 aromatic rings. The van der Waals surface area contributed by atoms with E-state index in [2.05, 4.69) is 26.5 Å². The summed E-state index contributed by atoms with van der Waals surface area (Å²) in [7, 11) is 1.86. The zero-order chi connectivity index (χ0) is 23.2. The summed E-state index contributed by atoms with van der Waals surface area (Å²) in [5.74, 6) is 1.25. The molecule has 2 bridgehead atoms. The molecule has 0 aliphatic carbocycles. The molecule has 0 spiro atoms. The monoisotopic (exact) mass is 460 g/mol. The highest BCUT2D eigenvalue weighted by atomic mass is 16.5. The fourth-order valence-electron chi connectivity index (χ4n) is 4.44. The van der Waals surface area contributed by atoms with E-state index in [1.165, 1.54) is 0 Å². The molecular formula is C24H24N6O4. The highest BCUT2D eigenvalue weighted by molar-refractivity contribution is 5.93. The zero-order valence-electron chi connectivity index (χ0n) is 18.9. The maximum absolute atomic E-state index is 12.4. The van der Waals surface area contributed by atoms with E-state index in [-0.39, 0.29) is 12.4 Å². The Labute approximate surface area is 195 Å². The SMILES string of the molecule is Cc1nn(C2COCC2=O)c2c1/C=C/c1[nH]nc3ccc(cc13)-c1cnn(C)c1OCCCO2. The molecule has 1 atom stereocenters. The molecule has 5 heterocycles. The number of carbonyl (C=O) groups excluding carboxylic acids is 1. The van der Waals surface area contributed by atoms with Gasteiger partial charge in [-0.2, -0.15) is 15.3 Å². The molecule has 1 saturated heterocycles. The highest BCUT2D eigenvalue weighted by Crippen LogP contribution is 2.34. The third-order valence-corrected chi connectivity index (χ3v) is 6.23. The minimum absolute atomic E-state index is 0.00654. The summed E-state index contributed by atoms with van der Waals surface area (Å²) < 4.78 is 21.1. The molecular weight excluding hydrogens is 436 g/mol. The van der Waals surface area contributed by atoms with Gasteiger partial charge in [0.15, 0.2) is 5.78 Å². The lowest BCUT2D eigenvalue weighted by molar-refractivity contribution is -0.120. The molecule has 3 aromatic heterocycles. The number of H-pyrrole nitrogens is 1. The Morgan fingerprint density at radius 1 is 1.15 bits per heavy atom. The van der Waals surface area contributed by atoms with Gasteiger partial charge in [0.05, 0.1) is 54.0 Å². The predicted molar refractivity (Wildman–Crippen MR) is 125 cm³/mol. The summed E-state index contributed by atoms with van der Waals surface area (Å²) >= 11 is 0. The second-order valence-corrected chi connectivity index (χ2v) is 8.49. The van der Waals surface area contributed by atoms with Crippen molar-refractivity contribution >= 4 is 28.8 Å². The molecule has 6 rings (SSSR count). The first-order valence-corrected chi connectivity index (χ1v) is 11.2. The van der Waals surface area contributed by atoms with Gasteiger partial charge in [0.1, 0.15) is 12.6 Å². The molecule has 2 aliphatic heterocycles. The summed E-state index contributed by atoms with van der Waals surface area (Å²) in [6, 6.07) is 5.61. The molecule has 174 valence electrons. The van der Waals surface area contributed by atoms with Crippen molar-refractivity contribution in [1.29, 1.82) is 0 Å². The molecule has 1 unspecified atom stereocenters. The standard InChI is InChI=1S/C24H24N6O4/c1-14-16-5-7-20-17-10-15(4-6-19(17)26-27-20)18-11-25-29(2)23(18)33-8-3-9-34-24(16)30(28-14)21-12-32-13-22(21)31/h4-7,10-11,21H,3,8-9,12-13H2,1-2H3,(H,26,27)/b7-5+. The lowest BCUT2D eigenvalue weighted by Gasteiger charge is -2.14. The minimum atomic E-state index is -0.485. The number of aromatic nitrogens is 6. The number of nitrogens with one attached hydrogen (secondary N) is 1. The molecule has 10 heteroatoms. The second-order valence-electron chi connectivity index (χ2n) is 8.49. The molecule has 34 heavy (non-hydrogen) atoms. The van der Waals surface area contributed by atoms with Gasteiger partial charge in [0.25, 0.3) is 0 Å². The molecule has 2 aliphatic rings. The van der Waals surface area contributed by atoms with E-state index >= 15 is 0 Å². The molecule has 1 fully saturated rings. The third kappa shape index (κ3) is 3.38. The van der Waals surface area contributed by atoms with E-state index in [0.29, 0.717) is 38.0 Å². The van der Waals surface area contributed by atoms with Crippen molar-refractivity contribution in [3.05, 3.63) is 41.3 Å². The van der Waals surface area contributed by atoms with Gasteiger partial charge in [-0.25, -0.2) is 9.36 Å². The summed E-state index contributed by atoms with van der Waals surface area (Å²) in [5, 5.41) is 17.6. The Morgan fingerprint density at radius 2 is 2.00 bits per heavy atom. The van der Waals surface area contributed by atoms with Gasteiger partial charge in [0.2, 0.25) is 11.8 Å². The molecule has 1 aromatic carbocycles. The van der Waals surface area contributed by atoms with Crippen LogP contribution in [0.2, 0.25) is 0 Å². The van der Waals surface area contributed by atoms with Crippen LogP contribution in [0.3, 0.4) is 0 Å². The Kier molecular flexibility index (Phi) is 4.95. The normalized spacial score (nSPS) is 19.2. The average Bonchev–Trinajstić information content (AvgIpc) is 3.59. The number of benzene rings is 1. The third-order valence-electron chi connectivity index (χ3n) is 6.23. The van der Waals surface area contributed by atoms with Crippen molar-refractivity contribution in [1.82, 2.24) is 29.8 Å². The van der Waals surface area contributed by atoms with Gasteiger partial charge in [-0.1, -0.05) is 6.07 Å². The van der Waals surface area contributed by atoms with Crippen LogP contribution >= 0.6 is 0 Å². The van der Waals surface area contributed by atoms with Crippen LogP contribution in [0.1, 0.15) is 29.4 Å². The number of ketones is 1. The first kappa shape index (κ1) is 20.7. The smallest absolute Gasteiger partial charge is 0.220 e. The molecule has 10 nitrogen and oxygen atoms in total. The van der Waals surface area contributed by atoms with E-state index in [4.69, 9.17) is 14.2 Å². The minimum Gasteiger partial charge on any atom is -0.477 e. The van der Waals surface area contributed by atoms with Gasteiger partial charge >= 0.3 is 0 Å². The van der Waals surface area contributed by atoms with E-state index < -0.39 is 6.04 Å². The fourth-order valence-corrected chi connectivity index (χ4v) is 4.44. The van der Waals surface area contributed by atoms with Gasteiger partial charge in [0, 0.05) is 18.9 Å². The quantitative estimate of drug-likeness (QED) is 0.465. The summed E-state index contributed by atoms with van der Waals surface area (Å²) in [6.07, 6.45) is 6.39.